The molecule has 0 spiro atoms. The summed E-state index contributed by atoms with van der Waals surface area (Å²) in [4.78, 5) is 35.5. The van der Waals surface area contributed by atoms with Crippen LogP contribution in [-0.4, -0.2) is 49.3 Å². The van der Waals surface area contributed by atoms with Gasteiger partial charge >= 0.3 is 19.8 Å². The van der Waals surface area contributed by atoms with Crippen LogP contribution < -0.4 is 5.73 Å². The Balaban J connectivity index is 3.68. The Morgan fingerprint density at radius 2 is 0.525 bits per heavy atom. The van der Waals surface area contributed by atoms with E-state index in [0.717, 1.165) is 38.5 Å². The molecule has 0 saturated heterocycles. The number of unbranched alkanes of at least 4 members (excludes halogenated alkanes) is 70. The molecule has 0 radical (unpaired) electrons. The van der Waals surface area contributed by atoms with Gasteiger partial charge in [-0.15, -0.1) is 0 Å². The Hall–Kier alpha value is -1.51. The molecule has 0 aliphatic rings. The Labute approximate surface area is 618 Å². The van der Waals surface area contributed by atoms with Gasteiger partial charge in [0.05, 0.1) is 13.2 Å². The van der Waals surface area contributed by atoms with Crippen LogP contribution in [0.15, 0.2) is 24.3 Å². The monoisotopic (exact) mass is 1420 g/mol. The lowest BCUT2D eigenvalue weighted by atomic mass is 10.0. The second kappa shape index (κ2) is 85.4. The number of carbonyl (C=O) groups excluding carboxylic acids is 2. The molecule has 2 unspecified atom stereocenters. The van der Waals surface area contributed by atoms with Crippen LogP contribution >= 0.6 is 7.82 Å². The van der Waals surface area contributed by atoms with Crippen molar-refractivity contribution in [3.8, 4) is 0 Å². The van der Waals surface area contributed by atoms with Crippen molar-refractivity contribution in [2.45, 2.75) is 508 Å². The highest BCUT2D eigenvalue weighted by atomic mass is 31.2. The van der Waals surface area contributed by atoms with Crippen molar-refractivity contribution >= 4 is 19.8 Å². The van der Waals surface area contributed by atoms with Crippen molar-refractivity contribution in [1.82, 2.24) is 0 Å². The zero-order chi connectivity index (χ0) is 71.5. The molecule has 0 aromatic rings. The number of ether oxygens (including phenoxy) is 2. The van der Waals surface area contributed by atoms with Gasteiger partial charge in [0.2, 0.25) is 0 Å². The number of carbonyl (C=O) groups is 2. The van der Waals surface area contributed by atoms with Crippen LogP contribution in [-0.2, 0) is 32.7 Å². The molecule has 10 heteroatoms. The summed E-state index contributed by atoms with van der Waals surface area (Å²) in [5, 5.41) is 0. The SMILES string of the molecule is CCCCCCC/C=C\C/C=C\CCCCCCCCCCCCCCCCCCCCCCCCCCCCCC(=O)OC(COC(=O)CCCCCCCCCCCCCCCCCCCCCCCCCCCCCCCCCCCCCCCCC)COP(=O)(O)OCCN. The lowest BCUT2D eigenvalue weighted by Gasteiger charge is -2.19. The number of nitrogens with two attached hydrogens (primary N) is 1. The number of phosphoric acid groups is 1. The Morgan fingerprint density at radius 3 is 0.768 bits per heavy atom. The van der Waals surface area contributed by atoms with Crippen molar-refractivity contribution in [2.75, 3.05) is 26.4 Å². The molecular formula is C89H174NO8P. The Kier molecular flexibility index (Phi) is 84.1. The van der Waals surface area contributed by atoms with Crippen molar-refractivity contribution in [1.29, 1.82) is 0 Å². The van der Waals surface area contributed by atoms with Crippen LogP contribution in [0.3, 0.4) is 0 Å². The second-order valence-corrected chi connectivity index (χ2v) is 32.3. The van der Waals surface area contributed by atoms with Gasteiger partial charge in [-0.1, -0.05) is 468 Å². The van der Waals surface area contributed by atoms with Gasteiger partial charge in [-0.25, -0.2) is 4.57 Å². The molecule has 0 aromatic heterocycles. The van der Waals surface area contributed by atoms with Crippen LogP contribution in [0.1, 0.15) is 502 Å². The maximum Gasteiger partial charge on any atom is 0.472 e. The Bertz CT molecular complexity index is 1670. The number of rotatable bonds is 87. The van der Waals surface area contributed by atoms with E-state index in [4.69, 9.17) is 24.3 Å². The maximum absolute atomic E-state index is 12.8. The molecule has 0 aromatic carbocycles. The van der Waals surface area contributed by atoms with E-state index in [-0.39, 0.29) is 38.6 Å². The van der Waals surface area contributed by atoms with E-state index >= 15 is 0 Å². The lowest BCUT2D eigenvalue weighted by molar-refractivity contribution is -0.161. The van der Waals surface area contributed by atoms with Gasteiger partial charge in [0.1, 0.15) is 6.61 Å². The lowest BCUT2D eigenvalue weighted by Crippen LogP contribution is -2.29. The standard InChI is InChI=1S/C89H174NO8P/c1-3-5-7-9-11-13-15-17-19-21-23-25-27-29-31-33-35-37-39-41-43-45-47-49-51-53-55-57-59-61-63-65-67-69-71-73-75-77-79-81-88(91)95-85-87(86-97-99(93,94)96-84-83-90)98-89(92)82-80-78-76-74-72-70-68-66-64-62-60-58-56-54-52-50-48-46-44-42-40-38-36-34-32-30-28-26-24-22-20-18-16-14-12-10-8-6-4-2/h16,18,22,24,87H,3-15,17,19-21,23,25-86,90H2,1-2H3,(H,93,94)/b18-16-,24-22-. The maximum atomic E-state index is 12.8. The number of hydrogen-bond acceptors (Lipinski definition) is 8. The van der Waals surface area contributed by atoms with Gasteiger partial charge in [0, 0.05) is 19.4 Å². The summed E-state index contributed by atoms with van der Waals surface area (Å²) >= 11 is 0. The average Bonchev–Trinajstić information content (AvgIpc) is 1.35. The largest absolute Gasteiger partial charge is 0.472 e. The molecule has 3 N–H and O–H groups in total. The van der Waals surface area contributed by atoms with Gasteiger partial charge in [-0.3, -0.25) is 18.6 Å². The molecule has 0 aliphatic carbocycles. The number of esters is 2. The van der Waals surface area contributed by atoms with Crippen molar-refractivity contribution in [2.24, 2.45) is 5.73 Å². The van der Waals surface area contributed by atoms with E-state index in [9.17, 15) is 19.0 Å². The first-order chi connectivity index (χ1) is 48.8. The summed E-state index contributed by atoms with van der Waals surface area (Å²) in [6.07, 6.45) is 110. The van der Waals surface area contributed by atoms with Gasteiger partial charge < -0.3 is 20.1 Å². The molecule has 2 atom stereocenters. The van der Waals surface area contributed by atoms with E-state index in [1.165, 1.54) is 430 Å². The van der Waals surface area contributed by atoms with Gasteiger partial charge in [0.25, 0.3) is 0 Å². The third-order valence-corrected chi connectivity index (χ3v) is 21.8. The highest BCUT2D eigenvalue weighted by Crippen LogP contribution is 2.43. The van der Waals surface area contributed by atoms with Crippen LogP contribution in [0.4, 0.5) is 0 Å². The zero-order valence-corrected chi connectivity index (χ0v) is 67.7. The first-order valence-electron chi connectivity index (χ1n) is 44.8. The molecular weight excluding hydrogens is 1240 g/mol. The first-order valence-corrected chi connectivity index (χ1v) is 46.3. The summed E-state index contributed by atoms with van der Waals surface area (Å²) in [7, 11) is -4.39. The van der Waals surface area contributed by atoms with E-state index in [0.29, 0.717) is 6.42 Å². The molecule has 0 saturated carbocycles. The van der Waals surface area contributed by atoms with Gasteiger partial charge in [0.15, 0.2) is 6.10 Å². The van der Waals surface area contributed by atoms with Crippen LogP contribution in [0.2, 0.25) is 0 Å². The molecule has 0 fully saturated rings. The number of hydrogen-bond donors (Lipinski definition) is 2. The fourth-order valence-electron chi connectivity index (χ4n) is 14.2. The quantitative estimate of drug-likeness (QED) is 0.0264. The number of phosphoric ester groups is 1. The normalized spacial score (nSPS) is 12.8. The molecule has 588 valence electrons. The second-order valence-electron chi connectivity index (χ2n) is 30.8. The molecule has 99 heavy (non-hydrogen) atoms. The minimum Gasteiger partial charge on any atom is -0.462 e. The van der Waals surface area contributed by atoms with E-state index < -0.39 is 26.5 Å². The average molecular weight is 1420 g/mol. The smallest absolute Gasteiger partial charge is 0.462 e. The topological polar surface area (TPSA) is 134 Å². The van der Waals surface area contributed by atoms with Gasteiger partial charge in [-0.2, -0.15) is 0 Å². The predicted molar refractivity (Wildman–Crippen MR) is 432 cm³/mol. The fraction of sp³-hybridized carbons (Fsp3) is 0.933. The van der Waals surface area contributed by atoms with Crippen molar-refractivity contribution in [3.05, 3.63) is 24.3 Å². The van der Waals surface area contributed by atoms with Crippen molar-refractivity contribution in [3.63, 3.8) is 0 Å². The summed E-state index contributed by atoms with van der Waals surface area (Å²) in [6, 6.07) is 0. The molecule has 0 rings (SSSR count). The molecule has 0 amide bonds. The third-order valence-electron chi connectivity index (χ3n) is 20.8. The Morgan fingerprint density at radius 1 is 0.303 bits per heavy atom. The minimum absolute atomic E-state index is 0.0579. The number of allylic oxidation sites excluding steroid dienone is 4. The van der Waals surface area contributed by atoms with E-state index in [2.05, 4.69) is 38.2 Å². The summed E-state index contributed by atoms with van der Waals surface area (Å²) in [6.45, 7) is 3.84. The van der Waals surface area contributed by atoms with Crippen LogP contribution in [0, 0.1) is 0 Å². The highest BCUT2D eigenvalue weighted by Gasteiger charge is 2.26. The van der Waals surface area contributed by atoms with E-state index in [1.54, 1.807) is 0 Å². The first kappa shape index (κ1) is 97.5. The summed E-state index contributed by atoms with van der Waals surface area (Å²) in [5.74, 6) is -0.795. The molecule has 9 nitrogen and oxygen atoms in total. The molecule has 0 bridgehead atoms. The van der Waals surface area contributed by atoms with E-state index in [1.807, 2.05) is 0 Å². The fourth-order valence-corrected chi connectivity index (χ4v) is 15.0. The highest BCUT2D eigenvalue weighted by molar-refractivity contribution is 7.47. The predicted octanol–water partition coefficient (Wildman–Crippen LogP) is 30.3. The van der Waals surface area contributed by atoms with Crippen molar-refractivity contribution < 1.29 is 37.6 Å². The van der Waals surface area contributed by atoms with Crippen LogP contribution in [0.5, 0.6) is 0 Å². The zero-order valence-electron chi connectivity index (χ0n) is 66.8. The summed E-state index contributed by atoms with van der Waals surface area (Å²) < 4.78 is 33.4. The molecule has 0 heterocycles. The van der Waals surface area contributed by atoms with Crippen LogP contribution in [0.25, 0.3) is 0 Å². The third kappa shape index (κ3) is 85.3. The minimum atomic E-state index is -4.39. The molecule has 0 aliphatic heterocycles. The van der Waals surface area contributed by atoms with Gasteiger partial charge in [-0.05, 0) is 44.9 Å². The summed E-state index contributed by atoms with van der Waals surface area (Å²) in [5.41, 5.74) is 5.43.